The molecule has 17 heavy (non-hydrogen) atoms. The first-order valence-corrected chi connectivity index (χ1v) is 5.20. The van der Waals surface area contributed by atoms with Crippen LogP contribution < -0.4 is 0 Å². The van der Waals surface area contributed by atoms with Gasteiger partial charge in [-0.05, 0) is 12.2 Å². The lowest BCUT2D eigenvalue weighted by molar-refractivity contribution is -0.111. The first-order valence-electron chi connectivity index (χ1n) is 5.20. The first kappa shape index (κ1) is 13.6. The second-order valence-corrected chi connectivity index (χ2v) is 3.51. The SMILES string of the molecule is N=C1C=CC(=O)C(CCO)=C1OCCC(O)O. The lowest BCUT2D eigenvalue weighted by Crippen LogP contribution is -2.19. The number of nitrogens with one attached hydrogen (secondary N) is 1. The summed E-state index contributed by atoms with van der Waals surface area (Å²) in [6.45, 7) is -0.219. The van der Waals surface area contributed by atoms with E-state index in [2.05, 4.69) is 0 Å². The van der Waals surface area contributed by atoms with Crippen LogP contribution in [0, 0.1) is 5.41 Å². The van der Waals surface area contributed by atoms with Gasteiger partial charge < -0.3 is 20.1 Å². The van der Waals surface area contributed by atoms with Gasteiger partial charge >= 0.3 is 0 Å². The Kier molecular flexibility index (Phi) is 5.02. The predicted molar refractivity (Wildman–Crippen MR) is 59.4 cm³/mol. The molecule has 0 amide bonds. The van der Waals surface area contributed by atoms with Crippen LogP contribution in [0.3, 0.4) is 0 Å². The number of hydrogen-bond acceptors (Lipinski definition) is 6. The molecule has 0 atom stereocenters. The van der Waals surface area contributed by atoms with E-state index < -0.39 is 6.29 Å². The minimum absolute atomic E-state index is 0.00850. The van der Waals surface area contributed by atoms with Gasteiger partial charge in [0, 0.05) is 25.0 Å². The lowest BCUT2D eigenvalue weighted by atomic mass is 9.99. The van der Waals surface area contributed by atoms with Crippen molar-refractivity contribution in [1.82, 2.24) is 0 Å². The zero-order chi connectivity index (χ0) is 12.8. The van der Waals surface area contributed by atoms with Crippen molar-refractivity contribution in [3.63, 3.8) is 0 Å². The average molecular weight is 241 g/mol. The van der Waals surface area contributed by atoms with Gasteiger partial charge in [-0.3, -0.25) is 10.2 Å². The Morgan fingerprint density at radius 2 is 2.06 bits per heavy atom. The number of ketones is 1. The second kappa shape index (κ2) is 6.29. The van der Waals surface area contributed by atoms with Gasteiger partial charge in [0.05, 0.1) is 12.3 Å². The summed E-state index contributed by atoms with van der Waals surface area (Å²) in [7, 11) is 0. The minimum Gasteiger partial charge on any atom is -0.491 e. The summed E-state index contributed by atoms with van der Waals surface area (Å²) in [6.07, 6.45) is 1.18. The number of hydrogen-bond donors (Lipinski definition) is 4. The van der Waals surface area contributed by atoms with Crippen LogP contribution in [0.15, 0.2) is 23.5 Å². The third-order valence-electron chi connectivity index (χ3n) is 2.20. The Morgan fingerprint density at radius 1 is 1.35 bits per heavy atom. The van der Waals surface area contributed by atoms with E-state index in [1.54, 1.807) is 0 Å². The molecule has 0 bridgehead atoms. The van der Waals surface area contributed by atoms with Crippen molar-refractivity contribution in [3.05, 3.63) is 23.5 Å². The van der Waals surface area contributed by atoms with E-state index in [1.165, 1.54) is 12.2 Å². The molecule has 0 unspecified atom stereocenters. The standard InChI is InChI=1S/C11H15NO5/c12-8-1-2-9(14)7(3-5-13)11(8)17-6-4-10(15)16/h1-2,10,12-13,15-16H,3-6H2. The van der Waals surface area contributed by atoms with Crippen LogP contribution in [0.5, 0.6) is 0 Å². The van der Waals surface area contributed by atoms with Gasteiger partial charge in [-0.25, -0.2) is 0 Å². The summed E-state index contributed by atoms with van der Waals surface area (Å²) in [6, 6.07) is 0. The highest BCUT2D eigenvalue weighted by atomic mass is 16.5. The molecule has 1 aliphatic carbocycles. The van der Waals surface area contributed by atoms with E-state index in [4.69, 9.17) is 25.5 Å². The summed E-state index contributed by atoms with van der Waals surface area (Å²) in [4.78, 5) is 11.5. The minimum atomic E-state index is -1.49. The zero-order valence-electron chi connectivity index (χ0n) is 9.22. The third kappa shape index (κ3) is 3.77. The van der Waals surface area contributed by atoms with Gasteiger partial charge in [-0.2, -0.15) is 0 Å². The first-order chi connectivity index (χ1) is 8.06. The molecule has 0 aromatic rings. The molecule has 0 spiro atoms. The molecule has 0 saturated carbocycles. The number of aliphatic hydroxyl groups is 3. The Hall–Kier alpha value is -1.50. The van der Waals surface area contributed by atoms with Crippen LogP contribution in [0.2, 0.25) is 0 Å². The molecule has 1 rings (SSSR count). The Balaban J connectivity index is 2.76. The summed E-state index contributed by atoms with van der Waals surface area (Å²) in [5.41, 5.74) is 0.285. The maximum Gasteiger partial charge on any atom is 0.185 e. The summed E-state index contributed by atoms with van der Waals surface area (Å²) >= 11 is 0. The smallest absolute Gasteiger partial charge is 0.185 e. The van der Waals surface area contributed by atoms with E-state index in [9.17, 15) is 4.79 Å². The number of aliphatic hydroxyl groups excluding tert-OH is 2. The van der Waals surface area contributed by atoms with Gasteiger partial charge in [-0.15, -0.1) is 0 Å². The Morgan fingerprint density at radius 3 is 2.65 bits per heavy atom. The summed E-state index contributed by atoms with van der Waals surface area (Å²) < 4.78 is 5.19. The zero-order valence-corrected chi connectivity index (χ0v) is 9.22. The molecule has 0 heterocycles. The fourth-order valence-corrected chi connectivity index (χ4v) is 1.39. The molecule has 0 fully saturated rings. The van der Waals surface area contributed by atoms with Crippen LogP contribution in [0.1, 0.15) is 12.8 Å². The van der Waals surface area contributed by atoms with Gasteiger partial charge in [0.25, 0.3) is 0 Å². The fraction of sp³-hybridized carbons (Fsp3) is 0.455. The van der Waals surface area contributed by atoms with Crippen LogP contribution in [-0.2, 0) is 9.53 Å². The van der Waals surface area contributed by atoms with Crippen molar-refractivity contribution in [2.45, 2.75) is 19.1 Å². The van der Waals surface area contributed by atoms with E-state index in [0.29, 0.717) is 0 Å². The van der Waals surface area contributed by atoms with Crippen molar-refractivity contribution in [1.29, 1.82) is 5.41 Å². The average Bonchev–Trinajstić information content (AvgIpc) is 2.27. The molecule has 94 valence electrons. The maximum absolute atomic E-state index is 11.5. The lowest BCUT2D eigenvalue weighted by Gasteiger charge is -2.17. The topological polar surface area (TPSA) is 111 Å². The van der Waals surface area contributed by atoms with Crippen molar-refractivity contribution in [3.8, 4) is 0 Å². The van der Waals surface area contributed by atoms with Crippen LogP contribution in [-0.4, -0.2) is 46.3 Å². The molecule has 4 N–H and O–H groups in total. The van der Waals surface area contributed by atoms with Gasteiger partial charge in [-0.1, -0.05) is 0 Å². The van der Waals surface area contributed by atoms with Crippen LogP contribution >= 0.6 is 0 Å². The van der Waals surface area contributed by atoms with Crippen molar-refractivity contribution >= 4 is 11.5 Å². The van der Waals surface area contributed by atoms with Crippen molar-refractivity contribution in [2.24, 2.45) is 0 Å². The number of rotatable bonds is 6. The van der Waals surface area contributed by atoms with Gasteiger partial charge in [0.15, 0.2) is 17.8 Å². The largest absolute Gasteiger partial charge is 0.491 e. The van der Waals surface area contributed by atoms with Gasteiger partial charge in [0.2, 0.25) is 0 Å². The molecule has 1 aliphatic rings. The predicted octanol–water partition coefficient (Wildman–Crippen LogP) is -0.501. The quantitative estimate of drug-likeness (QED) is 0.370. The molecule has 0 aromatic heterocycles. The molecular formula is C11H15NO5. The van der Waals surface area contributed by atoms with Gasteiger partial charge in [0.1, 0.15) is 0 Å². The number of allylic oxidation sites excluding steroid dienone is 2. The molecular weight excluding hydrogens is 226 g/mol. The van der Waals surface area contributed by atoms with E-state index in [1.807, 2.05) is 0 Å². The molecule has 0 radical (unpaired) electrons. The molecule has 0 saturated heterocycles. The molecule has 6 heteroatoms. The monoisotopic (exact) mass is 241 g/mol. The van der Waals surface area contributed by atoms with Crippen LogP contribution in [0.4, 0.5) is 0 Å². The number of carbonyl (C=O) groups is 1. The Bertz CT molecular complexity index is 370. The summed E-state index contributed by atoms with van der Waals surface area (Å²) in [5, 5.41) is 33.7. The molecule has 6 nitrogen and oxygen atoms in total. The van der Waals surface area contributed by atoms with E-state index >= 15 is 0 Å². The highest BCUT2D eigenvalue weighted by Crippen LogP contribution is 2.18. The highest BCUT2D eigenvalue weighted by molar-refractivity contribution is 6.20. The van der Waals surface area contributed by atoms with Crippen molar-refractivity contribution < 1.29 is 24.9 Å². The van der Waals surface area contributed by atoms with Crippen LogP contribution in [0.25, 0.3) is 0 Å². The third-order valence-corrected chi connectivity index (χ3v) is 2.20. The normalized spacial score (nSPS) is 16.0. The number of ether oxygens (including phenoxy) is 1. The summed E-state index contributed by atoms with van der Waals surface area (Å²) in [5.74, 6) is -0.193. The fourth-order valence-electron chi connectivity index (χ4n) is 1.39. The van der Waals surface area contributed by atoms with E-state index in [-0.39, 0.29) is 48.9 Å². The maximum atomic E-state index is 11.5. The van der Waals surface area contributed by atoms with E-state index in [0.717, 1.165) is 0 Å². The van der Waals surface area contributed by atoms with Crippen molar-refractivity contribution in [2.75, 3.05) is 13.2 Å². The number of carbonyl (C=O) groups excluding carboxylic acids is 1. The second-order valence-electron chi connectivity index (χ2n) is 3.51. The molecule has 0 aliphatic heterocycles. The Labute approximate surface area is 98.3 Å². The highest BCUT2D eigenvalue weighted by Gasteiger charge is 2.21. The molecule has 0 aromatic carbocycles.